The number of rotatable bonds is 2. The summed E-state index contributed by atoms with van der Waals surface area (Å²) in [7, 11) is 0. The maximum absolute atomic E-state index is 12.3. The zero-order chi connectivity index (χ0) is 15.6. The lowest BCUT2D eigenvalue weighted by molar-refractivity contribution is -0.122. The first kappa shape index (κ1) is 15.6. The SMILES string of the molecule is CC1C(=O)N(c2cc(Cl)ccc2C#CCCO)C(=O)C1C. The highest BCUT2D eigenvalue weighted by Crippen LogP contribution is 2.33. The molecular weight excluding hydrogens is 290 g/mol. The fourth-order valence-corrected chi connectivity index (χ4v) is 2.36. The van der Waals surface area contributed by atoms with Crippen molar-refractivity contribution in [3.8, 4) is 11.8 Å². The van der Waals surface area contributed by atoms with E-state index in [1.54, 1.807) is 32.0 Å². The Morgan fingerprint density at radius 2 is 1.86 bits per heavy atom. The lowest BCUT2D eigenvalue weighted by atomic mass is 10.00. The van der Waals surface area contributed by atoms with Crippen LogP contribution in [0.4, 0.5) is 5.69 Å². The molecule has 2 rings (SSSR count). The Morgan fingerprint density at radius 3 is 2.43 bits per heavy atom. The molecule has 1 N–H and O–H groups in total. The summed E-state index contributed by atoms with van der Waals surface area (Å²) in [5, 5.41) is 9.22. The third-order valence-electron chi connectivity index (χ3n) is 3.63. The van der Waals surface area contributed by atoms with Crippen molar-refractivity contribution in [3.05, 3.63) is 28.8 Å². The van der Waals surface area contributed by atoms with Crippen LogP contribution < -0.4 is 4.90 Å². The number of aliphatic hydroxyl groups excluding tert-OH is 1. The molecule has 1 aliphatic heterocycles. The lowest BCUT2D eigenvalue weighted by Crippen LogP contribution is -2.31. The van der Waals surface area contributed by atoms with Gasteiger partial charge in [0, 0.05) is 28.8 Å². The van der Waals surface area contributed by atoms with Gasteiger partial charge >= 0.3 is 0 Å². The molecule has 0 aliphatic carbocycles. The van der Waals surface area contributed by atoms with Gasteiger partial charge in [-0.25, -0.2) is 4.90 Å². The molecule has 0 radical (unpaired) electrons. The van der Waals surface area contributed by atoms with Crippen molar-refractivity contribution in [1.29, 1.82) is 0 Å². The smallest absolute Gasteiger partial charge is 0.237 e. The minimum atomic E-state index is -0.352. The first-order valence-electron chi connectivity index (χ1n) is 6.74. The standard InChI is InChI=1S/C16H16ClNO3/c1-10-11(2)16(21)18(15(10)20)14-9-13(17)7-6-12(14)5-3-4-8-19/h6-7,9-11,19H,4,8H2,1-2H3. The summed E-state index contributed by atoms with van der Waals surface area (Å²) >= 11 is 5.99. The monoisotopic (exact) mass is 305 g/mol. The molecule has 110 valence electrons. The number of carbonyl (C=O) groups excluding carboxylic acids is 2. The third-order valence-corrected chi connectivity index (χ3v) is 3.87. The Morgan fingerprint density at radius 1 is 1.24 bits per heavy atom. The fraction of sp³-hybridized carbons (Fsp3) is 0.375. The van der Waals surface area contributed by atoms with Crippen molar-refractivity contribution in [2.24, 2.45) is 11.8 Å². The zero-order valence-electron chi connectivity index (χ0n) is 11.9. The number of hydrogen-bond donors (Lipinski definition) is 1. The van der Waals surface area contributed by atoms with E-state index in [1.807, 2.05) is 0 Å². The van der Waals surface area contributed by atoms with Gasteiger partial charge in [-0.2, -0.15) is 0 Å². The molecule has 0 bridgehead atoms. The van der Waals surface area contributed by atoms with Crippen molar-refractivity contribution in [2.45, 2.75) is 20.3 Å². The molecule has 5 heteroatoms. The summed E-state index contributed by atoms with van der Waals surface area (Å²) in [6.07, 6.45) is 0.330. The van der Waals surface area contributed by atoms with E-state index in [2.05, 4.69) is 11.8 Å². The van der Waals surface area contributed by atoms with Gasteiger partial charge in [0.15, 0.2) is 0 Å². The number of benzene rings is 1. The normalized spacial score (nSPS) is 21.4. The van der Waals surface area contributed by atoms with E-state index in [-0.39, 0.29) is 30.3 Å². The summed E-state index contributed by atoms with van der Waals surface area (Å²) in [5.74, 6) is 4.49. The average molecular weight is 306 g/mol. The van der Waals surface area contributed by atoms with Gasteiger partial charge in [0.1, 0.15) is 0 Å². The highest BCUT2D eigenvalue weighted by Gasteiger charge is 2.43. The Hall–Kier alpha value is -1.83. The number of halogens is 1. The van der Waals surface area contributed by atoms with Crippen LogP contribution in [-0.4, -0.2) is 23.5 Å². The molecule has 1 aromatic rings. The van der Waals surface area contributed by atoms with Gasteiger partial charge in [-0.1, -0.05) is 37.3 Å². The molecule has 1 saturated heterocycles. The van der Waals surface area contributed by atoms with Crippen molar-refractivity contribution in [2.75, 3.05) is 11.5 Å². The van der Waals surface area contributed by atoms with Crippen LogP contribution in [0.15, 0.2) is 18.2 Å². The first-order chi connectivity index (χ1) is 9.97. The van der Waals surface area contributed by atoms with Gasteiger partial charge in [-0.15, -0.1) is 0 Å². The average Bonchev–Trinajstić information content (AvgIpc) is 2.65. The van der Waals surface area contributed by atoms with Crippen LogP contribution >= 0.6 is 11.6 Å². The topological polar surface area (TPSA) is 57.6 Å². The van der Waals surface area contributed by atoms with E-state index in [4.69, 9.17) is 16.7 Å². The van der Waals surface area contributed by atoms with Crippen molar-refractivity contribution in [1.82, 2.24) is 0 Å². The number of hydrogen-bond acceptors (Lipinski definition) is 3. The molecule has 0 spiro atoms. The summed E-state index contributed by atoms with van der Waals surface area (Å²) in [5.41, 5.74) is 0.968. The van der Waals surface area contributed by atoms with E-state index >= 15 is 0 Å². The zero-order valence-corrected chi connectivity index (χ0v) is 12.6. The van der Waals surface area contributed by atoms with Gasteiger partial charge in [-0.3, -0.25) is 9.59 Å². The van der Waals surface area contributed by atoms with Crippen LogP contribution in [0.25, 0.3) is 0 Å². The third kappa shape index (κ3) is 2.94. The van der Waals surface area contributed by atoms with Crippen LogP contribution in [0, 0.1) is 23.7 Å². The molecule has 2 unspecified atom stereocenters. The number of amides is 2. The number of imide groups is 1. The maximum Gasteiger partial charge on any atom is 0.237 e. The van der Waals surface area contributed by atoms with Crippen molar-refractivity contribution < 1.29 is 14.7 Å². The number of aliphatic hydroxyl groups is 1. The summed E-state index contributed by atoms with van der Waals surface area (Å²) in [4.78, 5) is 25.8. The summed E-state index contributed by atoms with van der Waals surface area (Å²) in [6, 6.07) is 4.91. The predicted molar refractivity (Wildman–Crippen MR) is 80.9 cm³/mol. The van der Waals surface area contributed by atoms with E-state index in [1.165, 1.54) is 4.90 Å². The van der Waals surface area contributed by atoms with E-state index in [0.717, 1.165) is 0 Å². The Kier molecular flexibility index (Phi) is 4.66. The maximum atomic E-state index is 12.3. The van der Waals surface area contributed by atoms with E-state index in [0.29, 0.717) is 22.7 Å². The molecule has 1 aromatic carbocycles. The lowest BCUT2D eigenvalue weighted by Gasteiger charge is -2.17. The summed E-state index contributed by atoms with van der Waals surface area (Å²) in [6.45, 7) is 3.45. The van der Waals surface area contributed by atoms with Crippen LogP contribution in [0.1, 0.15) is 25.8 Å². The molecule has 0 saturated carbocycles. The second-order valence-corrected chi connectivity index (χ2v) is 5.46. The molecular formula is C16H16ClNO3. The quantitative estimate of drug-likeness (QED) is 0.673. The highest BCUT2D eigenvalue weighted by atomic mass is 35.5. The van der Waals surface area contributed by atoms with Crippen LogP contribution in [-0.2, 0) is 9.59 Å². The Balaban J connectivity index is 2.48. The number of carbonyl (C=O) groups is 2. The molecule has 21 heavy (non-hydrogen) atoms. The fourth-order valence-electron chi connectivity index (χ4n) is 2.19. The van der Waals surface area contributed by atoms with Crippen LogP contribution in [0.2, 0.25) is 5.02 Å². The molecule has 1 heterocycles. The molecule has 2 amide bonds. The largest absolute Gasteiger partial charge is 0.395 e. The minimum Gasteiger partial charge on any atom is -0.395 e. The van der Waals surface area contributed by atoms with Gasteiger partial charge < -0.3 is 5.11 Å². The van der Waals surface area contributed by atoms with Gasteiger partial charge in [0.25, 0.3) is 0 Å². The van der Waals surface area contributed by atoms with Crippen LogP contribution in [0.5, 0.6) is 0 Å². The van der Waals surface area contributed by atoms with E-state index in [9.17, 15) is 9.59 Å². The van der Waals surface area contributed by atoms with Gasteiger partial charge in [-0.05, 0) is 18.2 Å². The summed E-state index contributed by atoms with van der Waals surface area (Å²) < 4.78 is 0. The Bertz CT molecular complexity index is 625. The second-order valence-electron chi connectivity index (χ2n) is 5.03. The van der Waals surface area contributed by atoms with Crippen molar-refractivity contribution >= 4 is 29.1 Å². The predicted octanol–water partition coefficient (Wildman–Crippen LogP) is 2.22. The Labute approximate surface area is 128 Å². The molecule has 1 fully saturated rings. The first-order valence-corrected chi connectivity index (χ1v) is 7.12. The van der Waals surface area contributed by atoms with E-state index < -0.39 is 0 Å². The number of anilines is 1. The van der Waals surface area contributed by atoms with Gasteiger partial charge in [0.2, 0.25) is 11.8 Å². The highest BCUT2D eigenvalue weighted by molar-refractivity contribution is 6.31. The van der Waals surface area contributed by atoms with Crippen LogP contribution in [0.3, 0.4) is 0 Å². The number of nitrogens with zero attached hydrogens (tertiary/aromatic N) is 1. The second kappa shape index (κ2) is 6.30. The minimum absolute atomic E-state index is 0.0361. The van der Waals surface area contributed by atoms with Crippen molar-refractivity contribution in [3.63, 3.8) is 0 Å². The molecule has 4 nitrogen and oxygen atoms in total. The van der Waals surface area contributed by atoms with Gasteiger partial charge in [0.05, 0.1) is 12.3 Å². The molecule has 0 aromatic heterocycles. The molecule has 1 aliphatic rings. The molecule has 2 atom stereocenters.